The number of alkyl halides is 3. The van der Waals surface area contributed by atoms with E-state index in [1.54, 1.807) is 23.0 Å². The maximum absolute atomic E-state index is 12.9. The first kappa shape index (κ1) is 13.5. The standard InChI is InChI=1S/C13H11BrF3N3/c14-11-4-3-9(7-10(11)13(15,16)17)20-6-5-18-12(20)19-8-1-2-8/h3-8H,1-2H2,(H,18,19). The third kappa shape index (κ3) is 2.67. The fourth-order valence-electron chi connectivity index (χ4n) is 1.91. The Kier molecular flexibility index (Phi) is 3.24. The molecule has 7 heteroatoms. The molecule has 0 spiro atoms. The van der Waals surface area contributed by atoms with Gasteiger partial charge in [0.05, 0.1) is 5.56 Å². The second-order valence-electron chi connectivity index (χ2n) is 4.70. The third-order valence-electron chi connectivity index (χ3n) is 3.08. The predicted octanol–water partition coefficient (Wildman–Crippen LogP) is 4.23. The Labute approximate surface area is 121 Å². The van der Waals surface area contributed by atoms with E-state index in [4.69, 9.17) is 0 Å². The number of anilines is 1. The Balaban J connectivity index is 2.00. The van der Waals surface area contributed by atoms with Gasteiger partial charge in [0.15, 0.2) is 0 Å². The van der Waals surface area contributed by atoms with Crippen molar-refractivity contribution in [3.63, 3.8) is 0 Å². The fourth-order valence-corrected chi connectivity index (χ4v) is 2.38. The van der Waals surface area contributed by atoms with Gasteiger partial charge in [-0.3, -0.25) is 4.57 Å². The molecule has 0 radical (unpaired) electrons. The van der Waals surface area contributed by atoms with Crippen molar-refractivity contribution in [1.82, 2.24) is 9.55 Å². The molecule has 1 aromatic heterocycles. The van der Waals surface area contributed by atoms with Gasteiger partial charge in [0.2, 0.25) is 5.95 Å². The topological polar surface area (TPSA) is 29.9 Å². The highest BCUT2D eigenvalue weighted by Crippen LogP contribution is 2.36. The molecule has 0 unspecified atom stereocenters. The van der Waals surface area contributed by atoms with E-state index in [2.05, 4.69) is 26.2 Å². The van der Waals surface area contributed by atoms with E-state index in [-0.39, 0.29) is 4.47 Å². The summed E-state index contributed by atoms with van der Waals surface area (Å²) in [5.41, 5.74) is -0.262. The molecule has 2 aromatic rings. The summed E-state index contributed by atoms with van der Waals surface area (Å²) < 4.78 is 40.4. The zero-order valence-electron chi connectivity index (χ0n) is 10.3. The fraction of sp³-hybridized carbons (Fsp3) is 0.308. The van der Waals surface area contributed by atoms with Gasteiger partial charge >= 0.3 is 6.18 Å². The van der Waals surface area contributed by atoms with Crippen molar-refractivity contribution in [3.05, 3.63) is 40.6 Å². The number of hydrogen-bond donors (Lipinski definition) is 1. The van der Waals surface area contributed by atoms with Crippen molar-refractivity contribution in [2.45, 2.75) is 25.1 Å². The number of nitrogens with zero attached hydrogens (tertiary/aromatic N) is 2. The maximum Gasteiger partial charge on any atom is 0.417 e. The number of nitrogens with one attached hydrogen (secondary N) is 1. The van der Waals surface area contributed by atoms with Gasteiger partial charge in [-0.25, -0.2) is 4.98 Å². The smallest absolute Gasteiger partial charge is 0.353 e. The summed E-state index contributed by atoms with van der Waals surface area (Å²) in [4.78, 5) is 4.15. The summed E-state index contributed by atoms with van der Waals surface area (Å²) in [5, 5.41) is 3.19. The highest BCUT2D eigenvalue weighted by atomic mass is 79.9. The number of aromatic nitrogens is 2. The van der Waals surface area contributed by atoms with E-state index >= 15 is 0 Å². The molecule has 1 N–H and O–H groups in total. The second-order valence-corrected chi connectivity index (χ2v) is 5.56. The van der Waals surface area contributed by atoms with Crippen LogP contribution < -0.4 is 5.32 Å². The van der Waals surface area contributed by atoms with Crippen molar-refractivity contribution in [1.29, 1.82) is 0 Å². The van der Waals surface area contributed by atoms with Gasteiger partial charge in [-0.15, -0.1) is 0 Å². The summed E-state index contributed by atoms with van der Waals surface area (Å²) in [7, 11) is 0. The lowest BCUT2D eigenvalue weighted by atomic mass is 10.2. The zero-order chi connectivity index (χ0) is 14.3. The molecule has 1 aliphatic rings. The lowest BCUT2D eigenvalue weighted by Gasteiger charge is -2.13. The van der Waals surface area contributed by atoms with Gasteiger partial charge in [-0.05, 0) is 31.0 Å². The molecule has 3 rings (SSSR count). The van der Waals surface area contributed by atoms with Crippen LogP contribution in [0.3, 0.4) is 0 Å². The molecule has 1 fully saturated rings. The van der Waals surface area contributed by atoms with Crippen LogP contribution >= 0.6 is 15.9 Å². The van der Waals surface area contributed by atoms with E-state index in [9.17, 15) is 13.2 Å². The maximum atomic E-state index is 12.9. The highest BCUT2D eigenvalue weighted by molar-refractivity contribution is 9.10. The molecular formula is C13H11BrF3N3. The molecule has 0 bridgehead atoms. The first-order valence-electron chi connectivity index (χ1n) is 6.12. The van der Waals surface area contributed by atoms with Crippen molar-refractivity contribution in [2.24, 2.45) is 0 Å². The molecule has 0 amide bonds. The van der Waals surface area contributed by atoms with Crippen molar-refractivity contribution >= 4 is 21.9 Å². The minimum Gasteiger partial charge on any atom is -0.353 e. The summed E-state index contributed by atoms with van der Waals surface area (Å²) in [5.74, 6) is 0.572. The lowest BCUT2D eigenvalue weighted by molar-refractivity contribution is -0.138. The Bertz CT molecular complexity index is 632. The van der Waals surface area contributed by atoms with E-state index < -0.39 is 11.7 Å². The number of halogens is 4. The number of benzene rings is 1. The Hall–Kier alpha value is -1.50. The molecule has 1 aromatic carbocycles. The van der Waals surface area contributed by atoms with Crippen LogP contribution in [0.1, 0.15) is 18.4 Å². The van der Waals surface area contributed by atoms with Crippen LogP contribution in [-0.2, 0) is 6.18 Å². The van der Waals surface area contributed by atoms with Crippen molar-refractivity contribution < 1.29 is 13.2 Å². The first-order chi connectivity index (χ1) is 9.45. The molecule has 0 aliphatic heterocycles. The molecule has 3 nitrogen and oxygen atoms in total. The largest absolute Gasteiger partial charge is 0.417 e. The molecule has 1 aliphatic carbocycles. The normalized spacial score (nSPS) is 15.4. The highest BCUT2D eigenvalue weighted by Gasteiger charge is 2.33. The quantitative estimate of drug-likeness (QED) is 0.902. The van der Waals surface area contributed by atoms with Gasteiger partial charge in [0, 0.05) is 28.6 Å². The summed E-state index contributed by atoms with van der Waals surface area (Å²) in [6, 6.07) is 4.52. The van der Waals surface area contributed by atoms with Gasteiger partial charge in [-0.2, -0.15) is 13.2 Å². The number of hydrogen-bond acceptors (Lipinski definition) is 2. The molecule has 1 saturated carbocycles. The molecular weight excluding hydrogens is 335 g/mol. The van der Waals surface area contributed by atoms with Crippen LogP contribution in [0.4, 0.5) is 19.1 Å². The minimum atomic E-state index is -4.39. The Morgan fingerprint density at radius 2 is 2.05 bits per heavy atom. The van der Waals surface area contributed by atoms with E-state index in [1.165, 1.54) is 6.07 Å². The monoisotopic (exact) mass is 345 g/mol. The summed E-state index contributed by atoms with van der Waals surface area (Å²) >= 11 is 2.94. The van der Waals surface area contributed by atoms with Crippen LogP contribution in [0.25, 0.3) is 5.69 Å². The van der Waals surface area contributed by atoms with Crippen LogP contribution in [0, 0.1) is 0 Å². The summed E-state index contributed by atoms with van der Waals surface area (Å²) in [6.07, 6.45) is 0.968. The second kappa shape index (κ2) is 4.80. The van der Waals surface area contributed by atoms with Gasteiger partial charge in [-0.1, -0.05) is 15.9 Å². The molecule has 106 valence electrons. The van der Waals surface area contributed by atoms with Crippen LogP contribution in [0.2, 0.25) is 0 Å². The zero-order valence-corrected chi connectivity index (χ0v) is 11.9. The van der Waals surface area contributed by atoms with Gasteiger partial charge < -0.3 is 5.32 Å². The van der Waals surface area contributed by atoms with Gasteiger partial charge in [0.25, 0.3) is 0 Å². The summed E-state index contributed by atoms with van der Waals surface area (Å²) in [6.45, 7) is 0. The average molecular weight is 346 g/mol. The van der Waals surface area contributed by atoms with E-state index in [0.717, 1.165) is 18.9 Å². The average Bonchev–Trinajstić information content (AvgIpc) is 3.06. The number of imidazole rings is 1. The van der Waals surface area contributed by atoms with Crippen molar-refractivity contribution in [3.8, 4) is 5.69 Å². The Morgan fingerprint density at radius 3 is 2.70 bits per heavy atom. The van der Waals surface area contributed by atoms with Crippen LogP contribution in [0.15, 0.2) is 35.1 Å². The Morgan fingerprint density at radius 1 is 1.30 bits per heavy atom. The predicted molar refractivity (Wildman–Crippen MR) is 72.9 cm³/mol. The van der Waals surface area contributed by atoms with E-state index in [1.807, 2.05) is 0 Å². The SMILES string of the molecule is FC(F)(F)c1cc(-n2ccnc2NC2CC2)ccc1Br. The lowest BCUT2D eigenvalue weighted by Crippen LogP contribution is -2.10. The third-order valence-corrected chi connectivity index (χ3v) is 3.78. The molecule has 0 saturated heterocycles. The van der Waals surface area contributed by atoms with Crippen molar-refractivity contribution in [2.75, 3.05) is 5.32 Å². The number of rotatable bonds is 3. The first-order valence-corrected chi connectivity index (χ1v) is 6.91. The van der Waals surface area contributed by atoms with Gasteiger partial charge in [0.1, 0.15) is 0 Å². The molecule has 20 heavy (non-hydrogen) atoms. The molecule has 1 heterocycles. The van der Waals surface area contributed by atoms with Crippen LogP contribution in [-0.4, -0.2) is 15.6 Å². The minimum absolute atomic E-state index is 0.0329. The van der Waals surface area contributed by atoms with Crippen LogP contribution in [0.5, 0.6) is 0 Å². The molecule has 0 atom stereocenters. The van der Waals surface area contributed by atoms with E-state index in [0.29, 0.717) is 17.7 Å².